The third-order valence-electron chi connectivity index (χ3n) is 4.50. The van der Waals surface area contributed by atoms with Crippen LogP contribution in [0.5, 0.6) is 0 Å². The quantitative estimate of drug-likeness (QED) is 0.739. The van der Waals surface area contributed by atoms with Crippen LogP contribution in [0.2, 0.25) is 0 Å². The van der Waals surface area contributed by atoms with Crippen LogP contribution >= 0.6 is 0 Å². The predicted molar refractivity (Wildman–Crippen MR) is 71.1 cm³/mol. The second kappa shape index (κ2) is 5.25. The first-order valence-corrected chi connectivity index (χ1v) is 7.23. The van der Waals surface area contributed by atoms with E-state index < -0.39 is 5.60 Å². The zero-order valence-corrected chi connectivity index (χ0v) is 11.6. The van der Waals surface area contributed by atoms with Crippen molar-refractivity contribution in [2.75, 3.05) is 13.1 Å². The van der Waals surface area contributed by atoms with Gasteiger partial charge in [-0.1, -0.05) is 0 Å². The van der Waals surface area contributed by atoms with Gasteiger partial charge in [0, 0.05) is 24.7 Å². The number of hydrogen-bond acceptors (Lipinski definition) is 3. The molecule has 0 amide bonds. The topological polar surface area (TPSA) is 45.4 Å². The molecular formula is C14H28N2O. The first-order chi connectivity index (χ1) is 8.00. The Morgan fingerprint density at radius 2 is 2.00 bits per heavy atom. The van der Waals surface area contributed by atoms with Gasteiger partial charge in [0.15, 0.2) is 0 Å². The first-order valence-electron chi connectivity index (χ1n) is 7.23. The summed E-state index contributed by atoms with van der Waals surface area (Å²) < 4.78 is 0. The monoisotopic (exact) mass is 240 g/mol. The molecule has 2 fully saturated rings. The van der Waals surface area contributed by atoms with E-state index in [0.717, 1.165) is 25.8 Å². The van der Waals surface area contributed by atoms with Gasteiger partial charge < -0.3 is 15.3 Å². The molecule has 0 radical (unpaired) electrons. The highest BCUT2D eigenvalue weighted by atomic mass is 16.3. The maximum absolute atomic E-state index is 10.7. The van der Waals surface area contributed by atoms with E-state index in [4.69, 9.17) is 0 Å². The van der Waals surface area contributed by atoms with Gasteiger partial charge in [-0.25, -0.2) is 0 Å². The van der Waals surface area contributed by atoms with E-state index in [9.17, 15) is 5.11 Å². The maximum atomic E-state index is 10.7. The first kappa shape index (κ1) is 13.3. The molecule has 0 aromatic rings. The molecule has 2 N–H and O–H groups in total. The largest absolute Gasteiger partial charge is 0.390 e. The summed E-state index contributed by atoms with van der Waals surface area (Å²) in [6, 6.07) is 1.79. The minimum Gasteiger partial charge on any atom is -0.390 e. The van der Waals surface area contributed by atoms with Gasteiger partial charge in [-0.05, 0) is 59.4 Å². The van der Waals surface area contributed by atoms with Crippen LogP contribution in [0.15, 0.2) is 0 Å². The summed E-state index contributed by atoms with van der Waals surface area (Å²) in [6.07, 6.45) is 5.27. The highest BCUT2D eigenvalue weighted by molar-refractivity contribution is 5.00. The number of rotatable bonds is 3. The minimum absolute atomic E-state index is 0.421. The third kappa shape index (κ3) is 3.67. The predicted octanol–water partition coefficient (Wildman–Crippen LogP) is 1.75. The van der Waals surface area contributed by atoms with Crippen molar-refractivity contribution in [2.45, 2.75) is 76.6 Å². The Balaban J connectivity index is 1.88. The minimum atomic E-state index is -0.421. The van der Waals surface area contributed by atoms with Crippen LogP contribution in [0.4, 0.5) is 0 Å². The van der Waals surface area contributed by atoms with Crippen LogP contribution in [0.1, 0.15) is 52.9 Å². The van der Waals surface area contributed by atoms with Gasteiger partial charge in [-0.3, -0.25) is 0 Å². The van der Waals surface area contributed by atoms with E-state index in [1.807, 2.05) is 0 Å². The Morgan fingerprint density at radius 1 is 1.29 bits per heavy atom. The molecule has 2 saturated heterocycles. The molecular weight excluding hydrogens is 212 g/mol. The fourth-order valence-corrected chi connectivity index (χ4v) is 3.01. The summed E-state index contributed by atoms with van der Waals surface area (Å²) in [5, 5.41) is 14.1. The highest BCUT2D eigenvalue weighted by Gasteiger charge is 2.40. The van der Waals surface area contributed by atoms with Crippen molar-refractivity contribution in [2.24, 2.45) is 0 Å². The molecule has 3 nitrogen and oxygen atoms in total. The van der Waals surface area contributed by atoms with Crippen LogP contribution < -0.4 is 5.32 Å². The molecule has 0 bridgehead atoms. The molecule has 0 aromatic heterocycles. The van der Waals surface area contributed by atoms with Crippen LogP contribution in [0, 0.1) is 0 Å². The second-order valence-electron chi connectivity index (χ2n) is 6.33. The Kier molecular flexibility index (Phi) is 4.11. The van der Waals surface area contributed by atoms with Crippen molar-refractivity contribution in [1.82, 2.24) is 10.2 Å². The van der Waals surface area contributed by atoms with E-state index in [2.05, 4.69) is 31.0 Å². The molecule has 100 valence electrons. The van der Waals surface area contributed by atoms with Gasteiger partial charge in [0.2, 0.25) is 0 Å². The number of aliphatic hydroxyl groups is 1. The standard InChI is InChI=1S/C14H28N2O/c1-11(2)16-8-5-4-6-14(17,7-9-16)10-13-12(3)15-13/h11-13,15,17H,4-10H2,1-3H3/t12?,13?,14-/m0/s1. The van der Waals surface area contributed by atoms with Crippen LogP contribution in [0.3, 0.4) is 0 Å². The number of hydrogen-bond donors (Lipinski definition) is 2. The summed E-state index contributed by atoms with van der Waals surface area (Å²) in [5.74, 6) is 0. The number of nitrogens with one attached hydrogen (secondary N) is 1. The van der Waals surface area contributed by atoms with Crippen molar-refractivity contribution in [3.05, 3.63) is 0 Å². The zero-order chi connectivity index (χ0) is 12.5. The molecule has 2 rings (SSSR count). The fourth-order valence-electron chi connectivity index (χ4n) is 3.01. The normalized spacial score (nSPS) is 40.1. The SMILES string of the molecule is CC1NC1C[C@]1(O)CCCCN(C(C)C)CC1. The van der Waals surface area contributed by atoms with E-state index in [1.165, 1.54) is 19.4 Å². The van der Waals surface area contributed by atoms with Gasteiger partial charge in [0.25, 0.3) is 0 Å². The summed E-state index contributed by atoms with van der Waals surface area (Å²) >= 11 is 0. The molecule has 2 aliphatic rings. The van der Waals surface area contributed by atoms with Gasteiger partial charge in [-0.2, -0.15) is 0 Å². The van der Waals surface area contributed by atoms with E-state index in [-0.39, 0.29) is 0 Å². The lowest BCUT2D eigenvalue weighted by atomic mass is 9.86. The molecule has 3 atom stereocenters. The Hall–Kier alpha value is -0.120. The van der Waals surface area contributed by atoms with Crippen molar-refractivity contribution in [3.63, 3.8) is 0 Å². The lowest BCUT2D eigenvalue weighted by Crippen LogP contribution is -2.41. The van der Waals surface area contributed by atoms with E-state index >= 15 is 0 Å². The van der Waals surface area contributed by atoms with E-state index in [1.54, 1.807) is 0 Å². The van der Waals surface area contributed by atoms with Crippen molar-refractivity contribution in [3.8, 4) is 0 Å². The van der Waals surface area contributed by atoms with Gasteiger partial charge >= 0.3 is 0 Å². The molecule has 17 heavy (non-hydrogen) atoms. The molecule has 2 heterocycles. The lowest BCUT2D eigenvalue weighted by molar-refractivity contribution is -0.00833. The van der Waals surface area contributed by atoms with Crippen molar-refractivity contribution in [1.29, 1.82) is 0 Å². The Morgan fingerprint density at radius 3 is 2.59 bits per heavy atom. The van der Waals surface area contributed by atoms with Crippen LogP contribution in [0.25, 0.3) is 0 Å². The van der Waals surface area contributed by atoms with Gasteiger partial charge in [0.1, 0.15) is 0 Å². The summed E-state index contributed by atoms with van der Waals surface area (Å²) in [6.45, 7) is 8.97. The molecule has 2 aliphatic heterocycles. The van der Waals surface area contributed by atoms with Gasteiger partial charge in [0.05, 0.1) is 5.60 Å². The zero-order valence-electron chi connectivity index (χ0n) is 11.6. The van der Waals surface area contributed by atoms with Crippen molar-refractivity contribution < 1.29 is 5.11 Å². The lowest BCUT2D eigenvalue weighted by Gasteiger charge is -2.36. The molecule has 3 heteroatoms. The van der Waals surface area contributed by atoms with Gasteiger partial charge in [-0.15, -0.1) is 0 Å². The summed E-state index contributed by atoms with van der Waals surface area (Å²) in [4.78, 5) is 2.51. The molecule has 0 spiro atoms. The molecule has 0 aromatic carbocycles. The molecule has 0 aliphatic carbocycles. The third-order valence-corrected chi connectivity index (χ3v) is 4.50. The Labute approximate surface area is 106 Å². The molecule has 0 saturated carbocycles. The average Bonchev–Trinajstić information content (AvgIpc) is 2.89. The molecule has 2 unspecified atom stereocenters. The second-order valence-corrected chi connectivity index (χ2v) is 6.33. The summed E-state index contributed by atoms with van der Waals surface area (Å²) in [7, 11) is 0. The summed E-state index contributed by atoms with van der Waals surface area (Å²) in [5.41, 5.74) is -0.421. The van der Waals surface area contributed by atoms with Crippen LogP contribution in [-0.4, -0.2) is 46.8 Å². The van der Waals surface area contributed by atoms with Crippen LogP contribution in [-0.2, 0) is 0 Å². The fraction of sp³-hybridized carbons (Fsp3) is 1.00. The van der Waals surface area contributed by atoms with E-state index in [0.29, 0.717) is 18.1 Å². The average molecular weight is 240 g/mol. The highest BCUT2D eigenvalue weighted by Crippen LogP contribution is 2.31. The van der Waals surface area contributed by atoms with Crippen molar-refractivity contribution >= 4 is 0 Å². The number of nitrogens with zero attached hydrogens (tertiary/aromatic N) is 1. The maximum Gasteiger partial charge on any atom is 0.0675 e. The number of likely N-dealkylation sites (tertiary alicyclic amines) is 1. The smallest absolute Gasteiger partial charge is 0.0675 e. The Bertz CT molecular complexity index is 257.